The van der Waals surface area contributed by atoms with Crippen molar-refractivity contribution in [1.82, 2.24) is 14.9 Å². The van der Waals surface area contributed by atoms with Crippen LogP contribution in [0.15, 0.2) is 6.20 Å². The zero-order valence-corrected chi connectivity index (χ0v) is 12.3. The third-order valence-corrected chi connectivity index (χ3v) is 3.45. The molecule has 20 heavy (non-hydrogen) atoms. The topological polar surface area (TPSA) is 67.4 Å². The van der Waals surface area contributed by atoms with Crippen LogP contribution < -0.4 is 5.32 Å². The van der Waals surface area contributed by atoms with Crippen LogP contribution in [0.2, 0.25) is 0 Å². The highest BCUT2D eigenvalue weighted by atomic mass is 16.5. The van der Waals surface area contributed by atoms with Crippen molar-refractivity contribution >= 4 is 11.7 Å². The Kier molecular flexibility index (Phi) is 4.89. The molecular weight excluding hydrogens is 256 g/mol. The zero-order chi connectivity index (χ0) is 14.5. The van der Waals surface area contributed by atoms with Crippen LogP contribution in [0.3, 0.4) is 0 Å². The molecule has 1 amide bonds. The first-order chi connectivity index (χ1) is 9.60. The van der Waals surface area contributed by atoms with Crippen molar-refractivity contribution in [2.24, 2.45) is 0 Å². The molecule has 1 fully saturated rings. The number of anilines is 1. The normalized spacial score (nSPS) is 18.9. The number of carbonyl (C=O) groups is 1. The highest BCUT2D eigenvalue weighted by Gasteiger charge is 2.22. The summed E-state index contributed by atoms with van der Waals surface area (Å²) in [4.78, 5) is 21.8. The predicted molar refractivity (Wildman–Crippen MR) is 76.6 cm³/mol. The molecule has 6 heteroatoms. The maximum atomic E-state index is 11.4. The van der Waals surface area contributed by atoms with Gasteiger partial charge in [0.15, 0.2) is 0 Å². The molecule has 0 radical (unpaired) electrons. The van der Waals surface area contributed by atoms with Gasteiger partial charge in [0.1, 0.15) is 11.6 Å². The molecule has 110 valence electrons. The summed E-state index contributed by atoms with van der Waals surface area (Å²) in [6, 6.07) is 0. The van der Waals surface area contributed by atoms with Crippen molar-refractivity contribution in [3.63, 3.8) is 0 Å². The Balaban J connectivity index is 1.95. The average Bonchev–Trinajstić information content (AvgIpc) is 2.45. The number of aryl methyl sites for hydroxylation is 2. The van der Waals surface area contributed by atoms with Gasteiger partial charge in [0.2, 0.25) is 5.91 Å². The third-order valence-electron chi connectivity index (χ3n) is 3.45. The predicted octanol–water partition coefficient (Wildman–Crippen LogP) is 1.01. The number of hydrogen-bond acceptors (Lipinski definition) is 5. The number of amides is 1. The smallest absolute Gasteiger partial charge is 0.219 e. The molecule has 1 aromatic heterocycles. The van der Waals surface area contributed by atoms with Crippen LogP contribution in [0.1, 0.15) is 25.2 Å². The lowest BCUT2D eigenvalue weighted by Crippen LogP contribution is -2.47. The van der Waals surface area contributed by atoms with E-state index in [1.165, 1.54) is 0 Å². The molecule has 2 heterocycles. The van der Waals surface area contributed by atoms with E-state index < -0.39 is 0 Å². The van der Waals surface area contributed by atoms with E-state index in [-0.39, 0.29) is 12.0 Å². The van der Waals surface area contributed by atoms with Gasteiger partial charge < -0.3 is 15.0 Å². The summed E-state index contributed by atoms with van der Waals surface area (Å²) in [6.07, 6.45) is 2.75. The monoisotopic (exact) mass is 278 g/mol. The number of hydrogen-bond donors (Lipinski definition) is 1. The maximum Gasteiger partial charge on any atom is 0.219 e. The molecule has 0 spiro atoms. The molecule has 1 aromatic rings. The molecule has 1 aliphatic heterocycles. The lowest BCUT2D eigenvalue weighted by molar-refractivity contribution is -0.135. The molecule has 0 saturated carbocycles. The van der Waals surface area contributed by atoms with Crippen LogP contribution in [0.4, 0.5) is 5.82 Å². The summed E-state index contributed by atoms with van der Waals surface area (Å²) in [5.41, 5.74) is 1.09. The third kappa shape index (κ3) is 3.66. The standard InChI is InChI=1S/C14H22N4O2/c1-4-12-7-15-10(2)17-14(12)16-8-13-9-18(11(3)19)5-6-20-13/h7,13H,4-6,8-9H2,1-3H3,(H,15,16,17). The first-order valence-corrected chi connectivity index (χ1v) is 7.03. The van der Waals surface area contributed by atoms with E-state index in [1.54, 1.807) is 6.92 Å². The fourth-order valence-corrected chi connectivity index (χ4v) is 2.25. The zero-order valence-electron chi connectivity index (χ0n) is 12.3. The van der Waals surface area contributed by atoms with E-state index in [9.17, 15) is 4.79 Å². The van der Waals surface area contributed by atoms with Gasteiger partial charge in [-0.05, 0) is 13.3 Å². The van der Waals surface area contributed by atoms with E-state index >= 15 is 0 Å². The van der Waals surface area contributed by atoms with Gasteiger partial charge >= 0.3 is 0 Å². The first kappa shape index (κ1) is 14.7. The molecular formula is C14H22N4O2. The minimum atomic E-state index is 0.00706. The summed E-state index contributed by atoms with van der Waals surface area (Å²) in [7, 11) is 0. The van der Waals surface area contributed by atoms with Crippen molar-refractivity contribution in [3.05, 3.63) is 17.6 Å². The molecule has 6 nitrogen and oxygen atoms in total. The van der Waals surface area contributed by atoms with Gasteiger partial charge in [-0.2, -0.15) is 0 Å². The Morgan fingerprint density at radius 3 is 3.10 bits per heavy atom. The van der Waals surface area contributed by atoms with Gasteiger partial charge in [-0.3, -0.25) is 4.79 Å². The van der Waals surface area contributed by atoms with Crippen LogP contribution in [0, 0.1) is 6.92 Å². The minimum Gasteiger partial charge on any atom is -0.373 e. The number of nitrogens with one attached hydrogen (secondary N) is 1. The number of ether oxygens (including phenoxy) is 1. The van der Waals surface area contributed by atoms with Crippen LogP contribution in [-0.4, -0.2) is 53.1 Å². The number of aromatic nitrogens is 2. The molecule has 1 saturated heterocycles. The number of carbonyl (C=O) groups excluding carboxylic acids is 1. The molecule has 2 rings (SSSR count). The highest BCUT2D eigenvalue weighted by molar-refractivity contribution is 5.73. The highest BCUT2D eigenvalue weighted by Crippen LogP contribution is 2.13. The Bertz CT molecular complexity index is 478. The Labute approximate surface area is 119 Å². The van der Waals surface area contributed by atoms with Gasteiger partial charge in [0.25, 0.3) is 0 Å². The van der Waals surface area contributed by atoms with Crippen molar-refractivity contribution in [2.45, 2.75) is 33.3 Å². The second-order valence-electron chi connectivity index (χ2n) is 4.98. The van der Waals surface area contributed by atoms with E-state index in [2.05, 4.69) is 22.2 Å². The van der Waals surface area contributed by atoms with Gasteiger partial charge in [-0.25, -0.2) is 9.97 Å². The van der Waals surface area contributed by atoms with Crippen LogP contribution in [0.5, 0.6) is 0 Å². The lowest BCUT2D eigenvalue weighted by atomic mass is 10.2. The van der Waals surface area contributed by atoms with Gasteiger partial charge in [-0.15, -0.1) is 0 Å². The van der Waals surface area contributed by atoms with Gasteiger partial charge in [-0.1, -0.05) is 6.92 Å². The maximum absolute atomic E-state index is 11.4. The van der Waals surface area contributed by atoms with Crippen molar-refractivity contribution in [2.75, 3.05) is 31.6 Å². The number of rotatable bonds is 4. The largest absolute Gasteiger partial charge is 0.373 e. The lowest BCUT2D eigenvalue weighted by Gasteiger charge is -2.32. The first-order valence-electron chi connectivity index (χ1n) is 7.03. The van der Waals surface area contributed by atoms with E-state index in [0.29, 0.717) is 26.2 Å². The minimum absolute atomic E-state index is 0.00706. The molecule has 0 aromatic carbocycles. The van der Waals surface area contributed by atoms with Crippen LogP contribution in [0.25, 0.3) is 0 Å². The number of morpholine rings is 1. The molecule has 0 bridgehead atoms. The van der Waals surface area contributed by atoms with E-state index in [4.69, 9.17) is 4.74 Å². The quantitative estimate of drug-likeness (QED) is 0.890. The summed E-state index contributed by atoms with van der Waals surface area (Å²) < 4.78 is 5.68. The summed E-state index contributed by atoms with van der Waals surface area (Å²) >= 11 is 0. The second-order valence-corrected chi connectivity index (χ2v) is 4.98. The van der Waals surface area contributed by atoms with Crippen molar-refractivity contribution in [1.29, 1.82) is 0 Å². The average molecular weight is 278 g/mol. The summed E-state index contributed by atoms with van der Waals surface area (Å²) in [5, 5.41) is 3.32. The Morgan fingerprint density at radius 2 is 2.40 bits per heavy atom. The second kappa shape index (κ2) is 6.65. The SMILES string of the molecule is CCc1cnc(C)nc1NCC1CN(C(C)=O)CCO1. The van der Waals surface area contributed by atoms with Crippen molar-refractivity contribution < 1.29 is 9.53 Å². The molecule has 1 unspecified atom stereocenters. The van der Waals surface area contributed by atoms with Gasteiger partial charge in [0, 0.05) is 38.3 Å². The van der Waals surface area contributed by atoms with E-state index in [0.717, 1.165) is 23.6 Å². The summed E-state index contributed by atoms with van der Waals surface area (Å²) in [6.45, 7) is 8.10. The van der Waals surface area contributed by atoms with E-state index in [1.807, 2.05) is 18.0 Å². The molecule has 0 aliphatic carbocycles. The summed E-state index contributed by atoms with van der Waals surface area (Å²) in [5.74, 6) is 1.72. The Hall–Kier alpha value is -1.69. The van der Waals surface area contributed by atoms with Gasteiger partial charge in [0.05, 0.1) is 12.7 Å². The fraction of sp³-hybridized carbons (Fsp3) is 0.643. The fourth-order valence-electron chi connectivity index (χ4n) is 2.25. The van der Waals surface area contributed by atoms with Crippen LogP contribution >= 0.6 is 0 Å². The van der Waals surface area contributed by atoms with Crippen LogP contribution in [-0.2, 0) is 16.0 Å². The molecule has 1 aliphatic rings. The number of nitrogens with zero attached hydrogens (tertiary/aromatic N) is 3. The molecule has 1 N–H and O–H groups in total. The Morgan fingerprint density at radius 1 is 1.60 bits per heavy atom. The molecule has 1 atom stereocenters. The van der Waals surface area contributed by atoms with Crippen molar-refractivity contribution in [3.8, 4) is 0 Å².